The molecule has 0 aliphatic heterocycles. The molecular formula is C58H94O6. The zero-order valence-corrected chi connectivity index (χ0v) is 41.3. The number of carbonyl (C=O) groups is 3. The van der Waals surface area contributed by atoms with Gasteiger partial charge in [0.25, 0.3) is 0 Å². The van der Waals surface area contributed by atoms with Crippen molar-refractivity contribution in [3.05, 3.63) is 109 Å². The fraction of sp³-hybridized carbons (Fsp3) is 0.638. The second kappa shape index (κ2) is 51.7. The van der Waals surface area contributed by atoms with E-state index in [9.17, 15) is 14.4 Å². The number of unbranched alkanes of at least 4 members (excludes halogenated alkanes) is 22. The molecule has 1 atom stereocenters. The minimum Gasteiger partial charge on any atom is -0.462 e. The Hall–Kier alpha value is -3.93. The van der Waals surface area contributed by atoms with E-state index >= 15 is 0 Å². The van der Waals surface area contributed by atoms with Crippen molar-refractivity contribution in [2.75, 3.05) is 13.2 Å². The first kappa shape index (κ1) is 60.1. The molecule has 0 aliphatic rings. The highest BCUT2D eigenvalue weighted by Crippen LogP contribution is 2.15. The van der Waals surface area contributed by atoms with Crippen LogP contribution in [0.2, 0.25) is 0 Å². The third-order valence-corrected chi connectivity index (χ3v) is 10.7. The van der Waals surface area contributed by atoms with Crippen molar-refractivity contribution in [2.24, 2.45) is 0 Å². The van der Waals surface area contributed by atoms with Crippen molar-refractivity contribution in [3.8, 4) is 0 Å². The minimum atomic E-state index is -0.802. The molecule has 0 saturated heterocycles. The van der Waals surface area contributed by atoms with Gasteiger partial charge in [-0.3, -0.25) is 14.4 Å². The second-order valence-electron chi connectivity index (χ2n) is 16.9. The number of esters is 3. The van der Waals surface area contributed by atoms with Crippen molar-refractivity contribution in [2.45, 2.75) is 226 Å². The van der Waals surface area contributed by atoms with Gasteiger partial charge < -0.3 is 14.2 Å². The van der Waals surface area contributed by atoms with E-state index in [4.69, 9.17) is 14.2 Å². The topological polar surface area (TPSA) is 78.9 Å². The molecule has 0 fully saturated rings. The molecule has 0 aromatic heterocycles. The quantitative estimate of drug-likeness (QED) is 0.0199. The van der Waals surface area contributed by atoms with Gasteiger partial charge in [0.15, 0.2) is 6.10 Å². The maximum atomic E-state index is 12.8. The molecule has 64 heavy (non-hydrogen) atoms. The third kappa shape index (κ3) is 49.1. The molecular weight excluding hydrogens is 793 g/mol. The standard InChI is InChI=1S/C58H94O6/c1-4-7-10-13-16-19-22-25-27-28-29-30-32-33-36-39-42-45-48-51-57(60)63-54-55(53-62-56(59)50-47-44-41-38-35-24-21-18-15-12-9-6-3)64-58(61)52-49-46-43-40-37-34-31-26-23-20-17-14-11-8-5-2/h7,9-10,12-13,16,18-19,21-22,25,27-30,32-33,36,55H,4-6,8,11,14-15,17,20,23-24,26,31,34-35,37-54H2,1-3H3/b10-7-,12-9-,16-13-,21-18-,22-19-,27-25-,29-28+,32-30-,36-33-. The van der Waals surface area contributed by atoms with E-state index in [1.54, 1.807) is 0 Å². The maximum Gasteiger partial charge on any atom is 0.306 e. The van der Waals surface area contributed by atoms with E-state index in [0.29, 0.717) is 19.3 Å². The third-order valence-electron chi connectivity index (χ3n) is 10.7. The van der Waals surface area contributed by atoms with Crippen LogP contribution in [0.4, 0.5) is 0 Å². The molecule has 362 valence electrons. The first-order chi connectivity index (χ1) is 31.5. The first-order valence-corrected chi connectivity index (χ1v) is 26.0. The van der Waals surface area contributed by atoms with E-state index in [-0.39, 0.29) is 31.1 Å². The summed E-state index contributed by atoms with van der Waals surface area (Å²) in [6.45, 7) is 6.32. The van der Waals surface area contributed by atoms with Crippen molar-refractivity contribution in [3.63, 3.8) is 0 Å². The van der Waals surface area contributed by atoms with Gasteiger partial charge in [0.2, 0.25) is 0 Å². The van der Waals surface area contributed by atoms with Crippen LogP contribution in [0.3, 0.4) is 0 Å². The Kier molecular flexibility index (Phi) is 48.5. The van der Waals surface area contributed by atoms with Gasteiger partial charge in [0.1, 0.15) is 13.2 Å². The lowest BCUT2D eigenvalue weighted by Crippen LogP contribution is -2.30. The Balaban J connectivity index is 4.50. The van der Waals surface area contributed by atoms with Crippen molar-refractivity contribution in [1.29, 1.82) is 0 Å². The molecule has 0 aromatic rings. The van der Waals surface area contributed by atoms with Gasteiger partial charge >= 0.3 is 17.9 Å². The summed E-state index contributed by atoms with van der Waals surface area (Å²) in [6, 6.07) is 0. The zero-order valence-electron chi connectivity index (χ0n) is 41.3. The molecule has 0 spiro atoms. The zero-order chi connectivity index (χ0) is 46.5. The number of hydrogen-bond acceptors (Lipinski definition) is 6. The van der Waals surface area contributed by atoms with Gasteiger partial charge in [-0.15, -0.1) is 0 Å². The molecule has 0 bridgehead atoms. The summed E-state index contributed by atoms with van der Waals surface area (Å²) in [5, 5.41) is 0. The first-order valence-electron chi connectivity index (χ1n) is 26.0. The summed E-state index contributed by atoms with van der Waals surface area (Å²) >= 11 is 0. The van der Waals surface area contributed by atoms with Crippen molar-refractivity contribution >= 4 is 17.9 Å². The summed E-state index contributed by atoms with van der Waals surface area (Å²) in [4.78, 5) is 38.0. The smallest absolute Gasteiger partial charge is 0.306 e. The van der Waals surface area contributed by atoms with Gasteiger partial charge in [-0.25, -0.2) is 0 Å². The average molecular weight is 887 g/mol. The fourth-order valence-electron chi connectivity index (χ4n) is 6.87. The van der Waals surface area contributed by atoms with E-state index in [2.05, 4.69) is 57.2 Å². The van der Waals surface area contributed by atoms with Gasteiger partial charge in [0.05, 0.1) is 0 Å². The van der Waals surface area contributed by atoms with Crippen LogP contribution in [0.15, 0.2) is 109 Å². The molecule has 0 heterocycles. The van der Waals surface area contributed by atoms with E-state index in [0.717, 1.165) is 103 Å². The lowest BCUT2D eigenvalue weighted by Gasteiger charge is -2.18. The molecule has 6 nitrogen and oxygen atoms in total. The highest BCUT2D eigenvalue weighted by Gasteiger charge is 2.19. The van der Waals surface area contributed by atoms with Gasteiger partial charge in [-0.1, -0.05) is 246 Å². The van der Waals surface area contributed by atoms with Crippen LogP contribution in [-0.2, 0) is 28.6 Å². The predicted octanol–water partition coefficient (Wildman–Crippen LogP) is 17.1. The van der Waals surface area contributed by atoms with Crippen LogP contribution in [0.25, 0.3) is 0 Å². The Bertz CT molecular complexity index is 1340. The number of ether oxygens (including phenoxy) is 3. The van der Waals surface area contributed by atoms with Crippen molar-refractivity contribution < 1.29 is 28.6 Å². The summed E-state index contributed by atoms with van der Waals surface area (Å²) < 4.78 is 16.8. The second-order valence-corrected chi connectivity index (χ2v) is 16.9. The van der Waals surface area contributed by atoms with Crippen molar-refractivity contribution in [1.82, 2.24) is 0 Å². The molecule has 0 amide bonds. The fourth-order valence-corrected chi connectivity index (χ4v) is 6.87. The summed E-state index contributed by atoms with van der Waals surface area (Å²) in [7, 11) is 0. The Labute approximate surface area is 393 Å². The SMILES string of the molecule is CC\C=C/C=C\C=C/C=C\C=C\C=C/C=C\CCCCCC(=O)OCC(COC(=O)CCCCCCC/C=C\C/C=C\CC)OC(=O)CCCCCCCCCCCCCCCCC. The lowest BCUT2D eigenvalue weighted by molar-refractivity contribution is -0.167. The molecule has 0 aliphatic carbocycles. The van der Waals surface area contributed by atoms with Crippen LogP contribution in [0, 0.1) is 0 Å². The normalized spacial score (nSPS) is 13.0. The summed E-state index contributed by atoms with van der Waals surface area (Å²) in [6.07, 6.45) is 69.2. The highest BCUT2D eigenvalue weighted by molar-refractivity contribution is 5.71. The monoisotopic (exact) mass is 887 g/mol. The molecule has 0 saturated carbocycles. The predicted molar refractivity (Wildman–Crippen MR) is 274 cm³/mol. The maximum absolute atomic E-state index is 12.8. The van der Waals surface area contributed by atoms with Crippen LogP contribution >= 0.6 is 0 Å². The van der Waals surface area contributed by atoms with E-state index in [1.165, 1.54) is 77.0 Å². The number of allylic oxidation sites excluding steroid dienone is 18. The summed E-state index contributed by atoms with van der Waals surface area (Å²) in [5.74, 6) is -0.963. The molecule has 0 rings (SSSR count). The molecule has 6 heteroatoms. The van der Waals surface area contributed by atoms with Gasteiger partial charge in [-0.05, 0) is 64.2 Å². The Morgan fingerprint density at radius 2 is 0.688 bits per heavy atom. The number of rotatable bonds is 45. The van der Waals surface area contributed by atoms with E-state index in [1.807, 2.05) is 72.9 Å². The van der Waals surface area contributed by atoms with Crippen LogP contribution in [0.5, 0.6) is 0 Å². The minimum absolute atomic E-state index is 0.101. The lowest BCUT2D eigenvalue weighted by atomic mass is 10.0. The number of carbonyl (C=O) groups excluding carboxylic acids is 3. The number of hydrogen-bond donors (Lipinski definition) is 0. The van der Waals surface area contributed by atoms with Gasteiger partial charge in [0, 0.05) is 19.3 Å². The van der Waals surface area contributed by atoms with Crippen LogP contribution in [-0.4, -0.2) is 37.2 Å². The highest BCUT2D eigenvalue weighted by atomic mass is 16.6. The molecule has 1 unspecified atom stereocenters. The largest absolute Gasteiger partial charge is 0.462 e. The Morgan fingerprint density at radius 3 is 1.14 bits per heavy atom. The molecule has 0 aromatic carbocycles. The van der Waals surface area contributed by atoms with Crippen LogP contribution in [0.1, 0.15) is 220 Å². The average Bonchev–Trinajstić information content (AvgIpc) is 3.29. The molecule has 0 N–H and O–H groups in total. The van der Waals surface area contributed by atoms with Crippen LogP contribution < -0.4 is 0 Å². The van der Waals surface area contributed by atoms with Gasteiger partial charge in [-0.2, -0.15) is 0 Å². The van der Waals surface area contributed by atoms with E-state index < -0.39 is 6.10 Å². The molecule has 0 radical (unpaired) electrons. The summed E-state index contributed by atoms with van der Waals surface area (Å²) in [5.41, 5.74) is 0. The Morgan fingerprint density at radius 1 is 0.344 bits per heavy atom.